The summed E-state index contributed by atoms with van der Waals surface area (Å²) < 4.78 is 10.6. The molecule has 6 nitrogen and oxygen atoms in total. The molecule has 0 N–H and O–H groups in total. The van der Waals surface area contributed by atoms with Crippen molar-refractivity contribution in [2.24, 2.45) is 23.2 Å². The molecule has 3 atom stereocenters. The number of hydrogen-bond acceptors (Lipinski definition) is 6. The minimum atomic E-state index is -0.919. The van der Waals surface area contributed by atoms with E-state index >= 15 is 0 Å². The Morgan fingerprint density at radius 2 is 1.18 bits per heavy atom. The third-order valence-electron chi connectivity index (χ3n) is 6.96. The van der Waals surface area contributed by atoms with E-state index in [0.29, 0.717) is 6.42 Å². The van der Waals surface area contributed by atoms with E-state index in [1.807, 2.05) is 34.6 Å². The summed E-state index contributed by atoms with van der Waals surface area (Å²) in [5.74, 6) is -3.78. The average molecular weight is 483 g/mol. The van der Waals surface area contributed by atoms with Gasteiger partial charge in [-0.05, 0) is 36.5 Å². The predicted molar refractivity (Wildman–Crippen MR) is 135 cm³/mol. The number of carbonyl (C=O) groups excluding carboxylic acids is 4. The molecule has 3 unspecified atom stereocenters. The van der Waals surface area contributed by atoms with Crippen LogP contribution in [0.3, 0.4) is 0 Å². The van der Waals surface area contributed by atoms with Gasteiger partial charge in [-0.3, -0.25) is 9.59 Å². The minimum absolute atomic E-state index is 0.203. The van der Waals surface area contributed by atoms with Crippen LogP contribution < -0.4 is 0 Å². The molecule has 6 heteroatoms. The normalized spacial score (nSPS) is 14.2. The topological polar surface area (TPSA) is 86.7 Å². The number of rotatable bonds is 20. The Labute approximate surface area is 207 Å². The highest BCUT2D eigenvalue weighted by Crippen LogP contribution is 2.35. The van der Waals surface area contributed by atoms with E-state index in [9.17, 15) is 19.2 Å². The molecule has 0 aromatic rings. The molecule has 0 aromatic carbocycles. The second-order valence-electron chi connectivity index (χ2n) is 10.3. The van der Waals surface area contributed by atoms with Gasteiger partial charge in [0.25, 0.3) is 0 Å². The van der Waals surface area contributed by atoms with E-state index in [1.165, 1.54) is 0 Å². The lowest BCUT2D eigenvalue weighted by molar-refractivity contribution is -0.161. The number of hydrogen-bond donors (Lipinski definition) is 0. The molecule has 0 saturated heterocycles. The number of Topliss-reactive ketones (excluding diaryl/α,β-unsaturated/α-hetero) is 2. The Kier molecular flexibility index (Phi) is 16.8. The number of ketones is 2. The largest absolute Gasteiger partial charge is 0.460 e. The van der Waals surface area contributed by atoms with Gasteiger partial charge < -0.3 is 9.47 Å². The summed E-state index contributed by atoms with van der Waals surface area (Å²) in [5, 5.41) is 0. The quantitative estimate of drug-likeness (QED) is 0.146. The maximum Gasteiger partial charge on any atom is 0.374 e. The van der Waals surface area contributed by atoms with Crippen LogP contribution in [0.4, 0.5) is 0 Å². The fourth-order valence-electron chi connectivity index (χ4n) is 4.29. The lowest BCUT2D eigenvalue weighted by Gasteiger charge is -2.32. The van der Waals surface area contributed by atoms with Crippen LogP contribution >= 0.6 is 0 Å². The van der Waals surface area contributed by atoms with Crippen molar-refractivity contribution >= 4 is 23.5 Å². The van der Waals surface area contributed by atoms with E-state index in [-0.39, 0.29) is 31.5 Å². The van der Waals surface area contributed by atoms with Gasteiger partial charge in [-0.2, -0.15) is 0 Å². The highest BCUT2D eigenvalue weighted by atomic mass is 16.5. The van der Waals surface area contributed by atoms with Gasteiger partial charge in [-0.1, -0.05) is 93.4 Å². The molecule has 0 spiro atoms. The molecule has 0 saturated carbocycles. The van der Waals surface area contributed by atoms with Gasteiger partial charge >= 0.3 is 11.9 Å². The lowest BCUT2D eigenvalue weighted by atomic mass is 9.71. The SMILES string of the molecule is CCCCC(CC)COC(=O)C(=O)CC(C(=O)C(=O)OCC(CC)CCCC)C(C)(C)CCC. The number of ether oxygens (including phenoxy) is 2. The Morgan fingerprint density at radius 1 is 0.706 bits per heavy atom. The molecule has 198 valence electrons. The van der Waals surface area contributed by atoms with Crippen molar-refractivity contribution in [3.8, 4) is 0 Å². The van der Waals surface area contributed by atoms with Crippen LogP contribution in [0.2, 0.25) is 0 Å². The fourth-order valence-corrected chi connectivity index (χ4v) is 4.29. The first kappa shape index (κ1) is 32.3. The van der Waals surface area contributed by atoms with Crippen molar-refractivity contribution in [1.29, 1.82) is 0 Å². The Hall–Kier alpha value is -1.72. The number of esters is 2. The molecule has 0 aliphatic rings. The minimum Gasteiger partial charge on any atom is -0.460 e. The zero-order chi connectivity index (χ0) is 26.1. The molecule has 0 radical (unpaired) electrons. The molecule has 0 fully saturated rings. The van der Waals surface area contributed by atoms with Gasteiger partial charge in [0.1, 0.15) is 0 Å². The lowest BCUT2D eigenvalue weighted by Crippen LogP contribution is -2.39. The number of carbonyl (C=O) groups is 4. The zero-order valence-corrected chi connectivity index (χ0v) is 22.9. The van der Waals surface area contributed by atoms with E-state index in [4.69, 9.17) is 9.47 Å². The standard InChI is InChI=1S/C28H50O6/c1-8-13-15-21(11-4)19-33-26(31)24(29)18-23(28(6,7)17-10-3)25(30)27(32)34-20-22(12-5)16-14-9-2/h21-23H,8-20H2,1-7H3. The summed E-state index contributed by atoms with van der Waals surface area (Å²) in [6.45, 7) is 14.4. The highest BCUT2D eigenvalue weighted by Gasteiger charge is 2.41. The Balaban J connectivity index is 5.23. The van der Waals surface area contributed by atoms with Crippen molar-refractivity contribution in [2.45, 2.75) is 119 Å². The smallest absolute Gasteiger partial charge is 0.374 e. The van der Waals surface area contributed by atoms with E-state index in [2.05, 4.69) is 13.8 Å². The third-order valence-corrected chi connectivity index (χ3v) is 6.96. The Morgan fingerprint density at radius 3 is 1.59 bits per heavy atom. The molecule has 0 amide bonds. The molecule has 0 aliphatic heterocycles. The predicted octanol–water partition coefficient (Wildman–Crippen LogP) is 6.48. The van der Waals surface area contributed by atoms with E-state index in [0.717, 1.165) is 57.8 Å². The van der Waals surface area contributed by atoms with Gasteiger partial charge in [0, 0.05) is 12.3 Å². The van der Waals surface area contributed by atoms with Gasteiger partial charge in [-0.25, -0.2) is 9.59 Å². The first-order chi connectivity index (χ1) is 16.1. The Bertz CT molecular complexity index is 624. The maximum absolute atomic E-state index is 13.1. The average Bonchev–Trinajstić information content (AvgIpc) is 2.81. The highest BCUT2D eigenvalue weighted by molar-refractivity contribution is 6.38. The summed E-state index contributed by atoms with van der Waals surface area (Å²) in [6, 6.07) is 0. The summed E-state index contributed by atoms with van der Waals surface area (Å²) in [6.07, 6.45) is 8.94. The molecular formula is C28H50O6. The van der Waals surface area contributed by atoms with Crippen LogP contribution in [0.5, 0.6) is 0 Å². The summed E-state index contributed by atoms with van der Waals surface area (Å²) >= 11 is 0. The van der Waals surface area contributed by atoms with E-state index < -0.39 is 34.8 Å². The molecular weight excluding hydrogens is 432 g/mol. The van der Waals surface area contributed by atoms with Gasteiger partial charge in [0.05, 0.1) is 13.2 Å². The first-order valence-corrected chi connectivity index (χ1v) is 13.5. The van der Waals surface area contributed by atoms with Crippen molar-refractivity contribution in [1.82, 2.24) is 0 Å². The van der Waals surface area contributed by atoms with Crippen LogP contribution in [0.15, 0.2) is 0 Å². The third kappa shape index (κ3) is 12.1. The molecule has 34 heavy (non-hydrogen) atoms. The monoisotopic (exact) mass is 482 g/mol. The molecule has 0 bridgehead atoms. The summed E-state index contributed by atoms with van der Waals surface area (Å²) in [7, 11) is 0. The van der Waals surface area contributed by atoms with Crippen LogP contribution in [0.25, 0.3) is 0 Å². The molecule has 0 aliphatic carbocycles. The van der Waals surface area contributed by atoms with Crippen LogP contribution in [0.1, 0.15) is 119 Å². The van der Waals surface area contributed by atoms with Crippen LogP contribution in [-0.2, 0) is 28.7 Å². The van der Waals surface area contributed by atoms with Crippen molar-refractivity contribution in [3.05, 3.63) is 0 Å². The van der Waals surface area contributed by atoms with Gasteiger partial charge in [0.2, 0.25) is 11.6 Å². The van der Waals surface area contributed by atoms with Gasteiger partial charge in [-0.15, -0.1) is 0 Å². The van der Waals surface area contributed by atoms with E-state index in [1.54, 1.807) is 0 Å². The summed E-state index contributed by atoms with van der Waals surface area (Å²) in [4.78, 5) is 50.8. The fraction of sp³-hybridized carbons (Fsp3) is 0.857. The molecule has 0 rings (SSSR count). The number of unbranched alkanes of at least 4 members (excludes halogenated alkanes) is 2. The van der Waals surface area contributed by atoms with Crippen molar-refractivity contribution < 1.29 is 28.7 Å². The maximum atomic E-state index is 13.1. The summed E-state index contributed by atoms with van der Waals surface area (Å²) in [5.41, 5.74) is -0.625. The second kappa shape index (κ2) is 17.7. The van der Waals surface area contributed by atoms with Crippen molar-refractivity contribution in [2.75, 3.05) is 13.2 Å². The first-order valence-electron chi connectivity index (χ1n) is 13.5. The van der Waals surface area contributed by atoms with Crippen molar-refractivity contribution in [3.63, 3.8) is 0 Å². The second-order valence-corrected chi connectivity index (χ2v) is 10.3. The molecule has 0 heterocycles. The molecule has 0 aromatic heterocycles. The zero-order valence-electron chi connectivity index (χ0n) is 22.9. The van der Waals surface area contributed by atoms with Crippen LogP contribution in [-0.4, -0.2) is 36.7 Å². The van der Waals surface area contributed by atoms with Gasteiger partial charge in [0.15, 0.2) is 0 Å². The van der Waals surface area contributed by atoms with Crippen LogP contribution in [0, 0.1) is 23.2 Å².